The maximum absolute atomic E-state index is 2.17. The predicted molar refractivity (Wildman–Crippen MR) is 38.2 cm³/mol. The second-order valence-electron chi connectivity index (χ2n) is 2.97. The van der Waals surface area contributed by atoms with E-state index < -0.39 is 0 Å². The molecule has 2 aliphatic rings. The second-order valence-corrected chi connectivity index (χ2v) is 4.12. The standard InChI is InChI=1S/C7H12S/c1-2-6-4-7(6)5-8-3-1/h6-7H,1-5H2. The summed E-state index contributed by atoms with van der Waals surface area (Å²) < 4.78 is 0. The lowest BCUT2D eigenvalue weighted by Crippen LogP contribution is -1.79. The predicted octanol–water partition coefficient (Wildman–Crippen LogP) is 2.15. The Morgan fingerprint density at radius 1 is 1.25 bits per heavy atom. The summed E-state index contributed by atoms with van der Waals surface area (Å²) in [4.78, 5) is 0. The summed E-state index contributed by atoms with van der Waals surface area (Å²) >= 11 is 2.17. The first-order chi connectivity index (χ1) is 3.97. The first-order valence-electron chi connectivity index (χ1n) is 3.54. The van der Waals surface area contributed by atoms with Crippen LogP contribution in [0.3, 0.4) is 0 Å². The van der Waals surface area contributed by atoms with Gasteiger partial charge in [-0.1, -0.05) is 0 Å². The first kappa shape index (κ1) is 5.16. The van der Waals surface area contributed by atoms with Gasteiger partial charge in [0.1, 0.15) is 0 Å². The topological polar surface area (TPSA) is 0 Å². The van der Waals surface area contributed by atoms with Gasteiger partial charge in [0.05, 0.1) is 0 Å². The van der Waals surface area contributed by atoms with Gasteiger partial charge in [0.2, 0.25) is 0 Å². The van der Waals surface area contributed by atoms with Crippen LogP contribution in [0.25, 0.3) is 0 Å². The molecule has 0 spiro atoms. The molecule has 2 unspecified atom stereocenters. The van der Waals surface area contributed by atoms with Crippen molar-refractivity contribution in [2.45, 2.75) is 19.3 Å². The van der Waals surface area contributed by atoms with Crippen LogP contribution in [0, 0.1) is 11.8 Å². The van der Waals surface area contributed by atoms with Crippen molar-refractivity contribution in [3.8, 4) is 0 Å². The summed E-state index contributed by atoms with van der Waals surface area (Å²) in [5.41, 5.74) is 0. The lowest BCUT2D eigenvalue weighted by Gasteiger charge is -1.91. The molecule has 8 heavy (non-hydrogen) atoms. The van der Waals surface area contributed by atoms with E-state index in [2.05, 4.69) is 11.8 Å². The molecule has 0 nitrogen and oxygen atoms in total. The highest BCUT2D eigenvalue weighted by atomic mass is 32.2. The van der Waals surface area contributed by atoms with Crippen molar-refractivity contribution < 1.29 is 0 Å². The summed E-state index contributed by atoms with van der Waals surface area (Å²) in [6.07, 6.45) is 4.59. The van der Waals surface area contributed by atoms with Crippen molar-refractivity contribution >= 4 is 11.8 Å². The normalized spacial score (nSPS) is 45.0. The number of hydrogen-bond donors (Lipinski definition) is 0. The zero-order valence-corrected chi connectivity index (χ0v) is 5.91. The van der Waals surface area contributed by atoms with Gasteiger partial charge in [-0.2, -0.15) is 11.8 Å². The molecule has 2 atom stereocenters. The molecule has 1 heteroatoms. The Hall–Kier alpha value is 0.350. The van der Waals surface area contributed by atoms with Crippen LogP contribution in [0.5, 0.6) is 0 Å². The van der Waals surface area contributed by atoms with E-state index in [1.807, 2.05) is 0 Å². The molecule has 0 N–H and O–H groups in total. The minimum Gasteiger partial charge on any atom is -0.162 e. The van der Waals surface area contributed by atoms with E-state index in [0.29, 0.717) is 0 Å². The number of rotatable bonds is 0. The van der Waals surface area contributed by atoms with Gasteiger partial charge in [0, 0.05) is 0 Å². The van der Waals surface area contributed by atoms with E-state index in [-0.39, 0.29) is 0 Å². The van der Waals surface area contributed by atoms with Gasteiger partial charge in [-0.3, -0.25) is 0 Å². The molecule has 0 aromatic carbocycles. The van der Waals surface area contributed by atoms with Gasteiger partial charge >= 0.3 is 0 Å². The Bertz CT molecular complexity index is 80.4. The Kier molecular flexibility index (Phi) is 1.25. The fraction of sp³-hybridized carbons (Fsp3) is 1.00. The molecule has 1 aliphatic carbocycles. The molecule has 1 heterocycles. The smallest absolute Gasteiger partial charge is 0.00364 e. The van der Waals surface area contributed by atoms with Gasteiger partial charge in [0.25, 0.3) is 0 Å². The highest BCUT2D eigenvalue weighted by Gasteiger charge is 2.37. The molecule has 1 aliphatic heterocycles. The lowest BCUT2D eigenvalue weighted by molar-refractivity contribution is 0.679. The fourth-order valence-corrected chi connectivity index (χ4v) is 2.80. The van der Waals surface area contributed by atoms with Crippen molar-refractivity contribution in [1.82, 2.24) is 0 Å². The SMILES string of the molecule is C1CSCC2CC2C1. The molecule has 0 radical (unpaired) electrons. The molecule has 0 bridgehead atoms. The fourth-order valence-electron chi connectivity index (χ4n) is 1.55. The van der Waals surface area contributed by atoms with Crippen molar-refractivity contribution in [3.63, 3.8) is 0 Å². The summed E-state index contributed by atoms with van der Waals surface area (Å²) in [5.74, 6) is 5.24. The van der Waals surface area contributed by atoms with Crippen LogP contribution in [-0.2, 0) is 0 Å². The summed E-state index contributed by atoms with van der Waals surface area (Å²) in [6, 6.07) is 0. The first-order valence-corrected chi connectivity index (χ1v) is 4.70. The molecular formula is C7H12S. The van der Waals surface area contributed by atoms with Crippen LogP contribution >= 0.6 is 11.8 Å². The monoisotopic (exact) mass is 128 g/mol. The average Bonchev–Trinajstić information content (AvgIpc) is 2.36. The number of fused-ring (bicyclic) bond motifs is 1. The van der Waals surface area contributed by atoms with Gasteiger partial charge in [-0.25, -0.2) is 0 Å². The zero-order valence-electron chi connectivity index (χ0n) is 5.10. The van der Waals surface area contributed by atoms with Crippen LogP contribution in [-0.4, -0.2) is 11.5 Å². The van der Waals surface area contributed by atoms with Gasteiger partial charge in [0.15, 0.2) is 0 Å². The van der Waals surface area contributed by atoms with Crippen LogP contribution in [0.15, 0.2) is 0 Å². The van der Waals surface area contributed by atoms with Gasteiger partial charge in [-0.05, 0) is 42.6 Å². The molecule has 2 fully saturated rings. The minimum atomic E-state index is 1.16. The Morgan fingerprint density at radius 3 is 3.25 bits per heavy atom. The van der Waals surface area contributed by atoms with Crippen LogP contribution < -0.4 is 0 Å². The molecule has 1 saturated carbocycles. The largest absolute Gasteiger partial charge is 0.162 e. The summed E-state index contributed by atoms with van der Waals surface area (Å²) in [5, 5.41) is 0. The molecule has 1 saturated heterocycles. The zero-order chi connectivity index (χ0) is 5.40. The highest BCUT2D eigenvalue weighted by molar-refractivity contribution is 7.99. The maximum Gasteiger partial charge on any atom is -0.00364 e. The highest BCUT2D eigenvalue weighted by Crippen LogP contribution is 2.46. The van der Waals surface area contributed by atoms with Gasteiger partial charge in [-0.15, -0.1) is 0 Å². The average molecular weight is 128 g/mol. The van der Waals surface area contributed by atoms with E-state index in [4.69, 9.17) is 0 Å². The van der Waals surface area contributed by atoms with Crippen molar-refractivity contribution in [3.05, 3.63) is 0 Å². The van der Waals surface area contributed by atoms with Crippen molar-refractivity contribution in [1.29, 1.82) is 0 Å². The molecule has 0 aromatic rings. The third-order valence-electron chi connectivity index (χ3n) is 2.26. The Labute approximate surface area is 55.0 Å². The lowest BCUT2D eigenvalue weighted by atomic mass is 10.2. The van der Waals surface area contributed by atoms with E-state index in [0.717, 1.165) is 5.92 Å². The second kappa shape index (κ2) is 1.94. The van der Waals surface area contributed by atoms with Crippen LogP contribution in [0.2, 0.25) is 0 Å². The van der Waals surface area contributed by atoms with Crippen molar-refractivity contribution in [2.24, 2.45) is 11.8 Å². The number of hydrogen-bond acceptors (Lipinski definition) is 1. The van der Waals surface area contributed by atoms with E-state index >= 15 is 0 Å². The van der Waals surface area contributed by atoms with E-state index in [9.17, 15) is 0 Å². The van der Waals surface area contributed by atoms with E-state index in [1.165, 1.54) is 30.3 Å². The minimum absolute atomic E-state index is 1.16. The molecular weight excluding hydrogens is 116 g/mol. The molecule has 2 rings (SSSR count). The molecule has 0 amide bonds. The summed E-state index contributed by atoms with van der Waals surface area (Å²) in [6.45, 7) is 0. The Morgan fingerprint density at radius 2 is 2.25 bits per heavy atom. The quantitative estimate of drug-likeness (QED) is 0.481. The number of thioether (sulfide) groups is 1. The van der Waals surface area contributed by atoms with E-state index in [1.54, 1.807) is 6.42 Å². The van der Waals surface area contributed by atoms with Gasteiger partial charge < -0.3 is 0 Å². The Balaban J connectivity index is 1.89. The molecule has 0 aromatic heterocycles. The maximum atomic E-state index is 2.17. The summed E-state index contributed by atoms with van der Waals surface area (Å²) in [7, 11) is 0. The van der Waals surface area contributed by atoms with Crippen LogP contribution in [0.4, 0.5) is 0 Å². The van der Waals surface area contributed by atoms with Crippen molar-refractivity contribution in [2.75, 3.05) is 11.5 Å². The molecule has 46 valence electrons. The third-order valence-corrected chi connectivity index (χ3v) is 3.51. The van der Waals surface area contributed by atoms with Crippen LogP contribution in [0.1, 0.15) is 19.3 Å². The third kappa shape index (κ3) is 0.883.